The van der Waals surface area contributed by atoms with Crippen LogP contribution in [0.25, 0.3) is 0 Å². The number of hydrogen-bond donors (Lipinski definition) is 1. The van der Waals surface area contributed by atoms with Crippen LogP contribution < -0.4 is 0 Å². The first-order chi connectivity index (χ1) is 6.65. The van der Waals surface area contributed by atoms with Gasteiger partial charge in [-0.25, -0.2) is 4.79 Å². The van der Waals surface area contributed by atoms with E-state index in [1.54, 1.807) is 6.92 Å². The molecule has 0 aromatic carbocycles. The van der Waals surface area contributed by atoms with E-state index in [0.717, 1.165) is 17.4 Å². The lowest BCUT2D eigenvalue weighted by molar-refractivity contribution is 0.0594. The first-order valence-electron chi connectivity index (χ1n) is 4.40. The highest BCUT2D eigenvalue weighted by Gasteiger charge is 2.17. The molecule has 0 aliphatic carbocycles. The van der Waals surface area contributed by atoms with Crippen molar-refractivity contribution in [3.05, 3.63) is 22.5 Å². The number of methoxy groups -OCH3 is 1. The zero-order valence-electron chi connectivity index (χ0n) is 8.51. The van der Waals surface area contributed by atoms with E-state index in [-0.39, 0.29) is 0 Å². The fourth-order valence-corrected chi connectivity index (χ4v) is 1.52. The van der Waals surface area contributed by atoms with Gasteiger partial charge < -0.3 is 9.72 Å². The molecule has 0 unspecified atom stereocenters. The lowest BCUT2D eigenvalue weighted by atomic mass is 10.1. The van der Waals surface area contributed by atoms with E-state index >= 15 is 0 Å². The number of rotatable bonds is 3. The lowest BCUT2D eigenvalue weighted by Crippen LogP contribution is -2.03. The summed E-state index contributed by atoms with van der Waals surface area (Å²) >= 11 is 0. The fourth-order valence-electron chi connectivity index (χ4n) is 1.52. The number of aromatic nitrogens is 1. The largest absolute Gasteiger partial charge is 0.464 e. The van der Waals surface area contributed by atoms with Crippen molar-refractivity contribution in [2.75, 3.05) is 7.11 Å². The van der Waals surface area contributed by atoms with Crippen LogP contribution in [0.3, 0.4) is 0 Å². The van der Waals surface area contributed by atoms with Gasteiger partial charge in [-0.1, -0.05) is 6.92 Å². The molecule has 4 heteroatoms. The van der Waals surface area contributed by atoms with E-state index in [0.29, 0.717) is 17.8 Å². The molecule has 1 heterocycles. The molecule has 0 radical (unpaired) electrons. The van der Waals surface area contributed by atoms with Crippen LogP contribution in [0.15, 0.2) is 0 Å². The van der Waals surface area contributed by atoms with E-state index in [4.69, 9.17) is 0 Å². The number of ether oxygens (including phenoxy) is 1. The Bertz CT molecular complexity index is 366. The predicted molar refractivity (Wildman–Crippen MR) is 51.6 cm³/mol. The minimum atomic E-state index is -0.440. The average molecular weight is 195 g/mol. The Morgan fingerprint density at radius 3 is 2.57 bits per heavy atom. The second-order valence-corrected chi connectivity index (χ2v) is 2.98. The van der Waals surface area contributed by atoms with Gasteiger partial charge in [0.05, 0.1) is 12.8 Å². The third-order valence-electron chi connectivity index (χ3n) is 2.27. The number of aromatic amines is 1. The highest BCUT2D eigenvalue weighted by Crippen LogP contribution is 2.18. The van der Waals surface area contributed by atoms with E-state index in [1.807, 2.05) is 6.92 Å². The van der Waals surface area contributed by atoms with E-state index in [2.05, 4.69) is 9.72 Å². The quantitative estimate of drug-likeness (QED) is 0.587. The number of aldehydes is 1. The standard InChI is InChI=1S/C10H13NO3/c1-4-7-6(2)9(10(13)14-3)11-8(7)5-12/h5,11H,4H2,1-3H3. The third-order valence-corrected chi connectivity index (χ3v) is 2.27. The van der Waals surface area contributed by atoms with Gasteiger partial charge in [0.2, 0.25) is 0 Å². The van der Waals surface area contributed by atoms with Gasteiger partial charge in [0.25, 0.3) is 0 Å². The SMILES string of the molecule is CCc1c(C=O)[nH]c(C(=O)OC)c1C. The van der Waals surface area contributed by atoms with Gasteiger partial charge in [-0.15, -0.1) is 0 Å². The molecule has 0 spiro atoms. The maximum atomic E-state index is 11.3. The first kappa shape index (κ1) is 10.5. The molecule has 0 saturated carbocycles. The molecule has 1 aromatic rings. The normalized spacial score (nSPS) is 9.93. The number of carbonyl (C=O) groups excluding carboxylic acids is 2. The Labute approximate surface area is 82.3 Å². The van der Waals surface area contributed by atoms with Crippen LogP contribution in [0.2, 0.25) is 0 Å². The van der Waals surface area contributed by atoms with Crippen LogP contribution in [0.5, 0.6) is 0 Å². The summed E-state index contributed by atoms with van der Waals surface area (Å²) in [5.74, 6) is -0.440. The summed E-state index contributed by atoms with van der Waals surface area (Å²) in [5.41, 5.74) is 2.50. The van der Waals surface area contributed by atoms with Gasteiger partial charge in [0, 0.05) is 0 Å². The average Bonchev–Trinajstić information content (AvgIpc) is 2.53. The van der Waals surface area contributed by atoms with Gasteiger partial charge in [-0.3, -0.25) is 4.79 Å². The van der Waals surface area contributed by atoms with Crippen molar-refractivity contribution in [3.63, 3.8) is 0 Å². The van der Waals surface area contributed by atoms with Crippen molar-refractivity contribution in [1.29, 1.82) is 0 Å². The molecular formula is C10H13NO3. The second kappa shape index (κ2) is 4.09. The van der Waals surface area contributed by atoms with E-state index in [9.17, 15) is 9.59 Å². The Hall–Kier alpha value is -1.58. The molecule has 1 rings (SSSR count). The Balaban J connectivity index is 3.27. The molecule has 0 saturated heterocycles. The zero-order chi connectivity index (χ0) is 10.7. The lowest BCUT2D eigenvalue weighted by Gasteiger charge is -1.97. The summed E-state index contributed by atoms with van der Waals surface area (Å²) in [6, 6.07) is 0. The molecule has 0 amide bonds. The van der Waals surface area contributed by atoms with Gasteiger partial charge in [0.1, 0.15) is 5.69 Å². The van der Waals surface area contributed by atoms with Crippen LogP contribution in [-0.2, 0) is 11.2 Å². The number of hydrogen-bond acceptors (Lipinski definition) is 3. The topological polar surface area (TPSA) is 59.2 Å². The molecule has 0 atom stereocenters. The van der Waals surface area contributed by atoms with Crippen molar-refractivity contribution in [2.24, 2.45) is 0 Å². The van der Waals surface area contributed by atoms with Crippen LogP contribution in [0.1, 0.15) is 39.0 Å². The Morgan fingerprint density at radius 1 is 1.57 bits per heavy atom. The molecule has 0 bridgehead atoms. The molecule has 1 N–H and O–H groups in total. The van der Waals surface area contributed by atoms with Crippen LogP contribution >= 0.6 is 0 Å². The van der Waals surface area contributed by atoms with Crippen LogP contribution in [-0.4, -0.2) is 24.3 Å². The van der Waals surface area contributed by atoms with Crippen molar-refractivity contribution < 1.29 is 14.3 Å². The summed E-state index contributed by atoms with van der Waals surface area (Å²) in [4.78, 5) is 24.7. The first-order valence-corrected chi connectivity index (χ1v) is 4.40. The molecule has 14 heavy (non-hydrogen) atoms. The van der Waals surface area contributed by atoms with Crippen molar-refractivity contribution in [3.8, 4) is 0 Å². The maximum absolute atomic E-state index is 11.3. The van der Waals surface area contributed by atoms with E-state index in [1.165, 1.54) is 7.11 Å². The summed E-state index contributed by atoms with van der Waals surface area (Å²) in [6.45, 7) is 3.73. The highest BCUT2D eigenvalue weighted by atomic mass is 16.5. The smallest absolute Gasteiger partial charge is 0.354 e. The maximum Gasteiger partial charge on any atom is 0.354 e. The second-order valence-electron chi connectivity index (χ2n) is 2.98. The number of esters is 1. The number of H-pyrrole nitrogens is 1. The molecule has 1 aromatic heterocycles. The van der Waals surface area contributed by atoms with Crippen molar-refractivity contribution in [2.45, 2.75) is 20.3 Å². The Morgan fingerprint density at radius 2 is 2.21 bits per heavy atom. The molecule has 4 nitrogen and oxygen atoms in total. The molecule has 0 aliphatic heterocycles. The van der Waals surface area contributed by atoms with Gasteiger partial charge in [0.15, 0.2) is 6.29 Å². The summed E-state index contributed by atoms with van der Waals surface area (Å²) < 4.78 is 4.59. The Kier molecular flexibility index (Phi) is 3.06. The van der Waals surface area contributed by atoms with Gasteiger partial charge in [-0.2, -0.15) is 0 Å². The molecule has 0 aliphatic rings. The van der Waals surface area contributed by atoms with Gasteiger partial charge in [-0.05, 0) is 24.5 Å². The van der Waals surface area contributed by atoms with Crippen molar-refractivity contribution in [1.82, 2.24) is 4.98 Å². The van der Waals surface area contributed by atoms with Gasteiger partial charge >= 0.3 is 5.97 Å². The summed E-state index contributed by atoms with van der Waals surface area (Å²) in [7, 11) is 1.31. The third kappa shape index (κ3) is 1.55. The summed E-state index contributed by atoms with van der Waals surface area (Å²) in [5, 5.41) is 0. The monoisotopic (exact) mass is 195 g/mol. The molecule has 0 fully saturated rings. The molecule has 76 valence electrons. The van der Waals surface area contributed by atoms with Crippen molar-refractivity contribution >= 4 is 12.3 Å². The van der Waals surface area contributed by atoms with E-state index < -0.39 is 5.97 Å². The zero-order valence-corrected chi connectivity index (χ0v) is 8.51. The van der Waals surface area contributed by atoms with Crippen LogP contribution in [0, 0.1) is 6.92 Å². The summed E-state index contributed by atoms with van der Waals surface area (Å²) in [6.07, 6.45) is 1.44. The van der Waals surface area contributed by atoms with Crippen LogP contribution in [0.4, 0.5) is 0 Å². The minimum Gasteiger partial charge on any atom is -0.464 e. The minimum absolute atomic E-state index is 0.367. The number of carbonyl (C=O) groups is 2. The highest BCUT2D eigenvalue weighted by molar-refractivity contribution is 5.92. The number of nitrogens with one attached hydrogen (secondary N) is 1. The molecular weight excluding hydrogens is 182 g/mol. The predicted octanol–water partition coefficient (Wildman–Crippen LogP) is 1.48. The fraction of sp³-hybridized carbons (Fsp3) is 0.400.